The lowest BCUT2D eigenvalue weighted by molar-refractivity contribution is -0.727. The molecule has 1 aliphatic rings. The van der Waals surface area contributed by atoms with Crippen LogP contribution in [0.4, 0.5) is 18.0 Å². The van der Waals surface area contributed by atoms with E-state index in [0.29, 0.717) is 5.56 Å². The molecule has 3 aromatic rings. The molecule has 18 heteroatoms. The fourth-order valence-corrected chi connectivity index (χ4v) is 5.08. The predicted molar refractivity (Wildman–Crippen MR) is 153 cm³/mol. The average molecular weight is 669 g/mol. The maximum absolute atomic E-state index is 13.5. The van der Waals surface area contributed by atoms with E-state index in [1.807, 2.05) is 11.6 Å². The van der Waals surface area contributed by atoms with Crippen molar-refractivity contribution in [2.24, 2.45) is 11.2 Å². The third-order valence-electron chi connectivity index (χ3n) is 6.37. The van der Waals surface area contributed by atoms with Crippen molar-refractivity contribution in [2.75, 3.05) is 13.1 Å². The number of ether oxygens (including phenoxy) is 2. The molecule has 1 aliphatic heterocycles. The molecule has 1 unspecified atom stereocenters. The molecule has 2 aromatic carbocycles. The SMILES string of the molecule is Cc1ccc(-c2cc(C(F)(F)F)nn2-c2ccc(S(=O)(=O)NC(=O)C3CN([N+]([O-])=NOC(C)OC(=O)OC(C)(C)C)C3)cc2)cc1. The first kappa shape index (κ1) is 34.0. The molecular weight excluding hydrogens is 637 g/mol. The van der Waals surface area contributed by atoms with Crippen LogP contribution in [0.15, 0.2) is 64.8 Å². The van der Waals surface area contributed by atoms with E-state index in [9.17, 15) is 36.4 Å². The molecule has 46 heavy (non-hydrogen) atoms. The Balaban J connectivity index is 1.37. The molecule has 0 radical (unpaired) electrons. The maximum Gasteiger partial charge on any atom is 0.511 e. The molecule has 1 amide bonds. The lowest BCUT2D eigenvalue weighted by Gasteiger charge is -2.32. The summed E-state index contributed by atoms with van der Waals surface area (Å²) < 4.78 is 79.0. The Morgan fingerprint density at radius 1 is 1.09 bits per heavy atom. The van der Waals surface area contributed by atoms with Gasteiger partial charge in [0.2, 0.25) is 11.2 Å². The monoisotopic (exact) mass is 668 g/mol. The van der Waals surface area contributed by atoms with E-state index in [0.717, 1.165) is 33.5 Å². The molecule has 14 nitrogen and oxygen atoms in total. The van der Waals surface area contributed by atoms with Crippen LogP contribution < -0.4 is 4.72 Å². The number of amides is 1. The van der Waals surface area contributed by atoms with Crippen LogP contribution in [0.1, 0.15) is 39.0 Å². The lowest BCUT2D eigenvalue weighted by atomic mass is 10.0. The normalized spacial score (nSPS) is 15.1. The molecule has 0 aliphatic carbocycles. The molecule has 1 N–H and O–H groups in total. The number of nitrogens with one attached hydrogen (secondary N) is 1. The quantitative estimate of drug-likeness (QED) is 0.111. The van der Waals surface area contributed by atoms with Gasteiger partial charge in [-0.2, -0.15) is 18.3 Å². The van der Waals surface area contributed by atoms with E-state index >= 15 is 0 Å². The number of halogens is 3. The summed E-state index contributed by atoms with van der Waals surface area (Å²) >= 11 is 0. The number of sulfonamides is 1. The van der Waals surface area contributed by atoms with Crippen LogP contribution in [0.25, 0.3) is 16.9 Å². The van der Waals surface area contributed by atoms with Gasteiger partial charge in [-0.05, 0) is 58.0 Å². The summed E-state index contributed by atoms with van der Waals surface area (Å²) in [7, 11) is -4.38. The predicted octanol–water partition coefficient (Wildman–Crippen LogP) is 4.71. The first-order valence-electron chi connectivity index (χ1n) is 13.7. The van der Waals surface area contributed by atoms with Crippen LogP contribution in [0.3, 0.4) is 0 Å². The van der Waals surface area contributed by atoms with Gasteiger partial charge < -0.3 is 14.7 Å². The number of aryl methyl sites for hydroxylation is 1. The standard InChI is InChI=1S/C28H31F3N6O8S/c1-17-6-8-19(9-7-17)23-14-24(28(29,30)31)32-36(23)21-10-12-22(13-11-21)46(41,42)33-25(38)20-15-35(16-20)37(40)34-45-18(2)43-26(39)44-27(3,4)5/h6-14,18,20H,15-16H2,1-5H3,(H,33,38). The van der Waals surface area contributed by atoms with Crippen LogP contribution >= 0.6 is 0 Å². The van der Waals surface area contributed by atoms with Gasteiger partial charge in [0.15, 0.2) is 5.69 Å². The number of carbonyl (C=O) groups is 2. The Labute approximate surface area is 261 Å². The minimum absolute atomic E-state index is 0.0241. The molecule has 1 aromatic heterocycles. The molecule has 1 saturated heterocycles. The van der Waals surface area contributed by atoms with Gasteiger partial charge in [0.1, 0.15) is 5.60 Å². The van der Waals surface area contributed by atoms with Crippen molar-refractivity contribution in [1.82, 2.24) is 19.5 Å². The zero-order chi connectivity index (χ0) is 34.0. The van der Waals surface area contributed by atoms with Gasteiger partial charge >= 0.3 is 12.3 Å². The Morgan fingerprint density at radius 3 is 2.26 bits per heavy atom. The molecule has 4 rings (SSSR count). The summed E-state index contributed by atoms with van der Waals surface area (Å²) in [6.45, 7) is 7.63. The first-order valence-corrected chi connectivity index (χ1v) is 15.2. The lowest BCUT2D eigenvalue weighted by Crippen LogP contribution is -2.56. The smallest absolute Gasteiger partial charge is 0.511 e. The number of nitrogens with zero attached hydrogens (tertiary/aromatic N) is 5. The second-order valence-electron chi connectivity index (χ2n) is 11.3. The van der Waals surface area contributed by atoms with E-state index in [2.05, 4.69) is 10.4 Å². The first-order chi connectivity index (χ1) is 21.3. The Hall–Kier alpha value is -4.87. The molecular formula is C28H31F3N6O8S. The molecule has 248 valence electrons. The third-order valence-corrected chi connectivity index (χ3v) is 7.73. The van der Waals surface area contributed by atoms with Gasteiger partial charge in [-0.25, -0.2) is 22.6 Å². The highest BCUT2D eigenvalue weighted by Gasteiger charge is 2.40. The molecule has 0 saturated carbocycles. The topological polar surface area (TPSA) is 167 Å². The van der Waals surface area contributed by atoms with Gasteiger partial charge in [-0.1, -0.05) is 29.8 Å². The van der Waals surface area contributed by atoms with Crippen molar-refractivity contribution in [3.63, 3.8) is 0 Å². The van der Waals surface area contributed by atoms with Gasteiger partial charge in [0, 0.05) is 12.5 Å². The minimum Gasteiger partial charge on any atom is -0.569 e. The molecule has 2 heterocycles. The van der Waals surface area contributed by atoms with Crippen LogP contribution in [0, 0.1) is 18.0 Å². The summed E-state index contributed by atoms with van der Waals surface area (Å²) in [6.07, 6.45) is -7.01. The van der Waals surface area contributed by atoms with E-state index in [1.165, 1.54) is 19.1 Å². The summed E-state index contributed by atoms with van der Waals surface area (Å²) in [5, 5.41) is 20.1. The van der Waals surface area contributed by atoms with E-state index in [1.54, 1.807) is 45.0 Å². The average Bonchev–Trinajstić information content (AvgIpc) is 3.36. The van der Waals surface area contributed by atoms with Crippen molar-refractivity contribution < 1.29 is 50.5 Å². The molecule has 1 fully saturated rings. The van der Waals surface area contributed by atoms with E-state index in [4.69, 9.17) is 14.3 Å². The number of hydrazine groups is 1. The molecule has 0 spiro atoms. The summed E-state index contributed by atoms with van der Waals surface area (Å²) in [5.74, 6) is -1.78. The van der Waals surface area contributed by atoms with Crippen molar-refractivity contribution in [3.8, 4) is 16.9 Å². The molecule has 1 atom stereocenters. The fraction of sp³-hybridized carbons (Fsp3) is 0.393. The highest BCUT2D eigenvalue weighted by Crippen LogP contribution is 2.33. The van der Waals surface area contributed by atoms with Gasteiger partial charge in [0.05, 0.1) is 40.3 Å². The maximum atomic E-state index is 13.5. The fourth-order valence-electron chi connectivity index (χ4n) is 4.04. The largest absolute Gasteiger partial charge is 0.569 e. The van der Waals surface area contributed by atoms with Crippen LogP contribution in [-0.2, 0) is 35.3 Å². The van der Waals surface area contributed by atoms with Crippen molar-refractivity contribution in [1.29, 1.82) is 0 Å². The number of hydrogen-bond acceptors (Lipinski definition) is 10. The highest BCUT2D eigenvalue weighted by molar-refractivity contribution is 7.90. The van der Waals surface area contributed by atoms with E-state index in [-0.39, 0.29) is 34.3 Å². The van der Waals surface area contributed by atoms with Gasteiger partial charge in [-0.15, -0.1) is 5.01 Å². The molecule has 0 bridgehead atoms. The second-order valence-corrected chi connectivity index (χ2v) is 13.0. The van der Waals surface area contributed by atoms with Crippen molar-refractivity contribution >= 4 is 22.1 Å². The summed E-state index contributed by atoms with van der Waals surface area (Å²) in [4.78, 5) is 28.7. The summed E-state index contributed by atoms with van der Waals surface area (Å²) in [5.41, 5.74) is -0.269. The zero-order valence-corrected chi connectivity index (χ0v) is 26.1. The highest BCUT2D eigenvalue weighted by atomic mass is 32.2. The van der Waals surface area contributed by atoms with Gasteiger partial charge in [0.25, 0.3) is 16.3 Å². The van der Waals surface area contributed by atoms with Crippen LogP contribution in [0.2, 0.25) is 0 Å². The third kappa shape index (κ3) is 8.43. The summed E-state index contributed by atoms with van der Waals surface area (Å²) in [6, 6.07) is 12.4. The Bertz CT molecular complexity index is 1710. The van der Waals surface area contributed by atoms with Crippen LogP contribution in [0.5, 0.6) is 0 Å². The number of benzene rings is 2. The van der Waals surface area contributed by atoms with Crippen LogP contribution in [-0.4, -0.2) is 65.2 Å². The Kier molecular flexibility index (Phi) is 9.51. The minimum atomic E-state index is -4.71. The number of aromatic nitrogens is 2. The number of carbonyl (C=O) groups excluding carboxylic acids is 2. The number of hydrogen-bond donors (Lipinski definition) is 1. The Morgan fingerprint density at radius 2 is 1.70 bits per heavy atom. The zero-order valence-electron chi connectivity index (χ0n) is 25.3. The van der Waals surface area contributed by atoms with Gasteiger partial charge in [-0.3, -0.25) is 9.63 Å². The van der Waals surface area contributed by atoms with Crippen molar-refractivity contribution in [2.45, 2.75) is 57.6 Å². The van der Waals surface area contributed by atoms with E-state index < -0.39 is 51.8 Å². The number of alkyl halides is 3. The second kappa shape index (κ2) is 12.9. The number of rotatable bonds is 9. The van der Waals surface area contributed by atoms with Crippen molar-refractivity contribution in [3.05, 3.63) is 71.1 Å².